The number of thiazole rings is 1. The van der Waals surface area contributed by atoms with Crippen LogP contribution in [0.3, 0.4) is 0 Å². The first kappa shape index (κ1) is 9.98. The molecule has 3 nitrogen and oxygen atoms in total. The summed E-state index contributed by atoms with van der Waals surface area (Å²) in [6, 6.07) is 5.67. The highest BCUT2D eigenvalue weighted by Gasteiger charge is 2.09. The zero-order chi connectivity index (χ0) is 10.7. The summed E-state index contributed by atoms with van der Waals surface area (Å²) in [6.07, 6.45) is 2.79. The second kappa shape index (κ2) is 4.31. The Balaban J connectivity index is 2.48. The van der Waals surface area contributed by atoms with E-state index in [0.717, 1.165) is 22.1 Å². The Kier molecular flexibility index (Phi) is 2.87. The van der Waals surface area contributed by atoms with Gasteiger partial charge in [0.05, 0.1) is 19.8 Å². The van der Waals surface area contributed by atoms with Crippen LogP contribution < -0.4 is 9.47 Å². The van der Waals surface area contributed by atoms with Gasteiger partial charge in [0.25, 0.3) is 0 Å². The van der Waals surface area contributed by atoms with Crippen molar-refractivity contribution in [3.05, 3.63) is 29.8 Å². The number of nitrogens with zero attached hydrogens (tertiary/aromatic N) is 1. The smallest absolute Gasteiger partial charge is 0.132 e. The summed E-state index contributed by atoms with van der Waals surface area (Å²) in [4.78, 5) is 4.12. The van der Waals surface area contributed by atoms with Gasteiger partial charge in [-0.3, -0.25) is 0 Å². The number of rotatable bonds is 3. The molecular weight excluding hydrogens is 210 g/mol. The van der Waals surface area contributed by atoms with Crippen LogP contribution in [-0.2, 0) is 0 Å². The topological polar surface area (TPSA) is 31.4 Å². The number of benzene rings is 1. The zero-order valence-corrected chi connectivity index (χ0v) is 9.30. The zero-order valence-electron chi connectivity index (χ0n) is 8.48. The van der Waals surface area contributed by atoms with Crippen molar-refractivity contribution >= 4 is 11.3 Å². The van der Waals surface area contributed by atoms with Crippen molar-refractivity contribution in [1.82, 2.24) is 4.98 Å². The third kappa shape index (κ3) is 1.94. The lowest BCUT2D eigenvalue weighted by molar-refractivity contribution is 0.395. The Morgan fingerprint density at radius 3 is 2.73 bits per heavy atom. The second-order valence-corrected chi connectivity index (χ2v) is 3.71. The summed E-state index contributed by atoms with van der Waals surface area (Å²) in [6.45, 7) is 0. The van der Waals surface area contributed by atoms with E-state index in [1.54, 1.807) is 14.2 Å². The van der Waals surface area contributed by atoms with Crippen molar-refractivity contribution in [1.29, 1.82) is 0 Å². The lowest BCUT2D eigenvalue weighted by Crippen LogP contribution is -1.89. The van der Waals surface area contributed by atoms with Gasteiger partial charge in [-0.15, -0.1) is 11.3 Å². The van der Waals surface area contributed by atoms with E-state index in [-0.39, 0.29) is 0 Å². The van der Waals surface area contributed by atoms with Gasteiger partial charge in [0.1, 0.15) is 22.7 Å². The molecule has 0 aliphatic rings. The molecule has 0 aliphatic carbocycles. The number of methoxy groups -OCH3 is 2. The molecule has 0 fully saturated rings. The molecular formula is C11H10NO2S. The molecule has 0 amide bonds. The fraction of sp³-hybridized carbons (Fsp3) is 0.182. The average Bonchev–Trinajstić information content (AvgIpc) is 2.81. The van der Waals surface area contributed by atoms with E-state index < -0.39 is 0 Å². The number of aromatic nitrogens is 1. The van der Waals surface area contributed by atoms with Crippen LogP contribution in [0.4, 0.5) is 0 Å². The molecule has 77 valence electrons. The van der Waals surface area contributed by atoms with Crippen molar-refractivity contribution in [2.75, 3.05) is 14.2 Å². The highest BCUT2D eigenvalue weighted by molar-refractivity contribution is 7.13. The summed E-state index contributed by atoms with van der Waals surface area (Å²) < 4.78 is 10.4. The van der Waals surface area contributed by atoms with E-state index in [2.05, 4.69) is 11.2 Å². The predicted molar refractivity (Wildman–Crippen MR) is 59.5 cm³/mol. The first-order valence-corrected chi connectivity index (χ1v) is 5.27. The maximum atomic E-state index is 5.28. The average molecular weight is 220 g/mol. The van der Waals surface area contributed by atoms with E-state index in [9.17, 15) is 0 Å². The van der Waals surface area contributed by atoms with Crippen molar-refractivity contribution in [3.8, 4) is 22.1 Å². The number of hydrogen-bond acceptors (Lipinski definition) is 4. The fourth-order valence-electron chi connectivity index (χ4n) is 1.29. The SMILES string of the molecule is COc1ccc(-c2n[c]cs2)c(OC)c1. The van der Waals surface area contributed by atoms with Crippen LogP contribution in [0, 0.1) is 6.20 Å². The quantitative estimate of drug-likeness (QED) is 0.796. The minimum atomic E-state index is 0.762. The summed E-state index contributed by atoms with van der Waals surface area (Å²) >= 11 is 1.53. The standard InChI is InChI=1S/C11H10NO2S/c1-13-8-3-4-9(10(7-8)14-2)11-12-5-6-15-11/h3-4,6-7H,1-2H3. The van der Waals surface area contributed by atoms with Gasteiger partial charge in [-0.05, 0) is 12.1 Å². The van der Waals surface area contributed by atoms with Crippen LogP contribution in [0.2, 0.25) is 0 Å². The van der Waals surface area contributed by atoms with E-state index in [1.165, 1.54) is 11.3 Å². The van der Waals surface area contributed by atoms with Gasteiger partial charge in [0.15, 0.2) is 0 Å². The van der Waals surface area contributed by atoms with Crippen LogP contribution in [0.15, 0.2) is 23.6 Å². The summed E-state index contributed by atoms with van der Waals surface area (Å²) in [5, 5.41) is 2.72. The van der Waals surface area contributed by atoms with Gasteiger partial charge < -0.3 is 9.47 Å². The van der Waals surface area contributed by atoms with Crippen molar-refractivity contribution in [2.45, 2.75) is 0 Å². The van der Waals surface area contributed by atoms with Gasteiger partial charge >= 0.3 is 0 Å². The highest BCUT2D eigenvalue weighted by Crippen LogP contribution is 2.33. The summed E-state index contributed by atoms with van der Waals surface area (Å²) in [5.41, 5.74) is 0.963. The molecule has 1 radical (unpaired) electrons. The van der Waals surface area contributed by atoms with Crippen LogP contribution in [0.1, 0.15) is 0 Å². The van der Waals surface area contributed by atoms with Crippen molar-refractivity contribution in [2.24, 2.45) is 0 Å². The van der Waals surface area contributed by atoms with Crippen LogP contribution in [0.5, 0.6) is 11.5 Å². The summed E-state index contributed by atoms with van der Waals surface area (Å²) in [7, 11) is 3.27. The van der Waals surface area contributed by atoms with E-state index in [1.807, 2.05) is 23.6 Å². The first-order chi connectivity index (χ1) is 7.35. The van der Waals surface area contributed by atoms with E-state index in [4.69, 9.17) is 9.47 Å². The Hall–Kier alpha value is -1.55. The molecule has 0 unspecified atom stereocenters. The lowest BCUT2D eigenvalue weighted by atomic mass is 10.2. The molecule has 15 heavy (non-hydrogen) atoms. The number of hydrogen-bond donors (Lipinski definition) is 0. The maximum absolute atomic E-state index is 5.28. The molecule has 0 N–H and O–H groups in total. The molecule has 4 heteroatoms. The molecule has 1 aromatic carbocycles. The Morgan fingerprint density at radius 2 is 2.13 bits per heavy atom. The Labute approximate surface area is 92.3 Å². The second-order valence-electron chi connectivity index (χ2n) is 2.85. The van der Waals surface area contributed by atoms with Crippen molar-refractivity contribution < 1.29 is 9.47 Å². The molecule has 1 heterocycles. The maximum Gasteiger partial charge on any atom is 0.132 e. The molecule has 0 saturated carbocycles. The lowest BCUT2D eigenvalue weighted by Gasteiger charge is -2.07. The predicted octanol–water partition coefficient (Wildman–Crippen LogP) is 2.63. The van der Waals surface area contributed by atoms with Gasteiger partial charge in [0.2, 0.25) is 0 Å². The van der Waals surface area contributed by atoms with Crippen LogP contribution in [0.25, 0.3) is 10.6 Å². The molecule has 0 spiro atoms. The third-order valence-electron chi connectivity index (χ3n) is 2.03. The fourth-order valence-corrected chi connectivity index (χ4v) is 1.91. The molecule has 0 atom stereocenters. The molecule has 0 aliphatic heterocycles. The highest BCUT2D eigenvalue weighted by atomic mass is 32.1. The molecule has 0 saturated heterocycles. The molecule has 0 bridgehead atoms. The molecule has 2 rings (SSSR count). The first-order valence-electron chi connectivity index (χ1n) is 4.39. The van der Waals surface area contributed by atoms with E-state index in [0.29, 0.717) is 0 Å². The normalized spacial score (nSPS) is 10.0. The van der Waals surface area contributed by atoms with E-state index >= 15 is 0 Å². The minimum Gasteiger partial charge on any atom is -0.497 e. The number of ether oxygens (including phenoxy) is 2. The third-order valence-corrected chi connectivity index (χ3v) is 2.79. The summed E-state index contributed by atoms with van der Waals surface area (Å²) in [5.74, 6) is 1.54. The minimum absolute atomic E-state index is 0.762. The molecule has 2 aromatic rings. The van der Waals surface area contributed by atoms with Gasteiger partial charge in [-0.2, -0.15) is 0 Å². The van der Waals surface area contributed by atoms with Gasteiger partial charge in [0, 0.05) is 11.4 Å². The van der Waals surface area contributed by atoms with Gasteiger partial charge in [-0.25, -0.2) is 4.98 Å². The Bertz CT molecular complexity index is 440. The Morgan fingerprint density at radius 1 is 1.27 bits per heavy atom. The monoisotopic (exact) mass is 220 g/mol. The molecule has 1 aromatic heterocycles. The van der Waals surface area contributed by atoms with Gasteiger partial charge in [-0.1, -0.05) is 0 Å². The van der Waals surface area contributed by atoms with Crippen LogP contribution in [-0.4, -0.2) is 19.2 Å². The largest absolute Gasteiger partial charge is 0.497 e. The van der Waals surface area contributed by atoms with Crippen LogP contribution >= 0.6 is 11.3 Å². The van der Waals surface area contributed by atoms with Crippen molar-refractivity contribution in [3.63, 3.8) is 0 Å².